The predicted octanol–water partition coefficient (Wildman–Crippen LogP) is 3.73. The first kappa shape index (κ1) is 16.2. The molecule has 2 aromatic rings. The number of aliphatic hydroxyl groups is 1. The Morgan fingerprint density at radius 3 is 2.61 bits per heavy atom. The molecule has 0 bridgehead atoms. The maximum absolute atomic E-state index is 12.1. The number of rotatable bonds is 5. The van der Waals surface area contributed by atoms with Crippen molar-refractivity contribution in [3.05, 3.63) is 24.3 Å². The first-order chi connectivity index (χ1) is 11.1. The number of aliphatic hydroxyl groups excluding tert-OH is 1. The summed E-state index contributed by atoms with van der Waals surface area (Å²) >= 11 is 1.39. The Hall–Kier alpha value is -1.67. The molecule has 1 aromatic carbocycles. The third-order valence-corrected chi connectivity index (χ3v) is 4.87. The molecule has 2 atom stereocenters. The summed E-state index contributed by atoms with van der Waals surface area (Å²) in [6, 6.07) is 6.00. The number of ether oxygens (including phenoxy) is 1. The van der Waals surface area contributed by atoms with E-state index in [-0.39, 0.29) is 17.1 Å². The quantitative estimate of drug-likeness (QED) is 0.893. The summed E-state index contributed by atoms with van der Waals surface area (Å²) in [6.45, 7) is -2.85. The van der Waals surface area contributed by atoms with Gasteiger partial charge in [-0.1, -0.05) is 24.6 Å². The first-order valence-electron chi connectivity index (χ1n) is 7.35. The van der Waals surface area contributed by atoms with Crippen LogP contribution in [0.2, 0.25) is 0 Å². The molecule has 0 amide bonds. The van der Waals surface area contributed by atoms with E-state index in [9.17, 15) is 13.9 Å². The lowest BCUT2D eigenvalue weighted by molar-refractivity contribution is -0.0498. The molecule has 1 fully saturated rings. The van der Waals surface area contributed by atoms with E-state index < -0.39 is 6.61 Å². The van der Waals surface area contributed by atoms with Gasteiger partial charge in [-0.15, -0.1) is 10.2 Å². The second kappa shape index (κ2) is 7.27. The Kier molecular flexibility index (Phi) is 5.12. The minimum Gasteiger partial charge on any atom is -0.435 e. The number of alkyl halides is 2. The van der Waals surface area contributed by atoms with Crippen LogP contribution in [0.4, 0.5) is 8.78 Å². The van der Waals surface area contributed by atoms with Crippen LogP contribution in [0.25, 0.3) is 11.5 Å². The monoisotopic (exact) mass is 342 g/mol. The zero-order valence-corrected chi connectivity index (χ0v) is 13.0. The number of halogens is 2. The molecule has 1 aliphatic carbocycles. The largest absolute Gasteiger partial charge is 0.435 e. The van der Waals surface area contributed by atoms with Crippen molar-refractivity contribution in [3.63, 3.8) is 0 Å². The molecule has 1 aromatic heterocycles. The van der Waals surface area contributed by atoms with Crippen molar-refractivity contribution in [2.24, 2.45) is 0 Å². The number of benzene rings is 1. The van der Waals surface area contributed by atoms with E-state index >= 15 is 0 Å². The van der Waals surface area contributed by atoms with Gasteiger partial charge in [-0.2, -0.15) is 8.78 Å². The smallest absolute Gasteiger partial charge is 0.387 e. The molecule has 0 aliphatic heterocycles. The number of hydrogen-bond donors (Lipinski definition) is 1. The van der Waals surface area contributed by atoms with E-state index in [1.807, 2.05) is 0 Å². The lowest BCUT2D eigenvalue weighted by atomic mass is 9.97. The standard InChI is InChI=1S/C15H16F2N2O3S/c16-14(17)21-10-7-5-9(6-8-10)13-18-19-15(22-13)23-12-4-2-1-3-11(12)20/h5-8,11-12,14,20H,1-4H2. The Balaban J connectivity index is 1.66. The fourth-order valence-electron chi connectivity index (χ4n) is 2.50. The minimum absolute atomic E-state index is 0.0684. The minimum atomic E-state index is -2.85. The van der Waals surface area contributed by atoms with Crippen LogP contribution in [0.1, 0.15) is 25.7 Å². The molecule has 3 rings (SSSR count). The number of aromatic nitrogens is 2. The molecule has 1 saturated carbocycles. The van der Waals surface area contributed by atoms with Gasteiger partial charge in [0.25, 0.3) is 5.22 Å². The Labute approximate surface area is 136 Å². The second-order valence-electron chi connectivity index (χ2n) is 5.28. The van der Waals surface area contributed by atoms with E-state index in [2.05, 4.69) is 14.9 Å². The SMILES string of the molecule is OC1CCCCC1Sc1nnc(-c2ccc(OC(F)F)cc2)o1. The van der Waals surface area contributed by atoms with Crippen molar-refractivity contribution in [2.75, 3.05) is 0 Å². The molecule has 5 nitrogen and oxygen atoms in total. The predicted molar refractivity (Wildman–Crippen MR) is 80.5 cm³/mol. The van der Waals surface area contributed by atoms with Gasteiger partial charge >= 0.3 is 6.61 Å². The summed E-state index contributed by atoms with van der Waals surface area (Å²) in [5.41, 5.74) is 0.621. The van der Waals surface area contributed by atoms with Crippen molar-refractivity contribution in [3.8, 4) is 17.2 Å². The van der Waals surface area contributed by atoms with Crippen molar-refractivity contribution in [2.45, 2.75) is 48.9 Å². The van der Waals surface area contributed by atoms with Gasteiger partial charge in [-0.3, -0.25) is 0 Å². The lowest BCUT2D eigenvalue weighted by Crippen LogP contribution is -2.26. The Morgan fingerprint density at radius 2 is 1.91 bits per heavy atom. The molecule has 23 heavy (non-hydrogen) atoms. The van der Waals surface area contributed by atoms with Crippen LogP contribution in [-0.2, 0) is 0 Å². The van der Waals surface area contributed by atoms with Gasteiger partial charge in [-0.05, 0) is 37.1 Å². The maximum atomic E-state index is 12.1. The fourth-order valence-corrected chi connectivity index (χ4v) is 3.55. The third kappa shape index (κ3) is 4.20. The molecule has 1 aliphatic rings. The Bertz CT molecular complexity index is 636. The van der Waals surface area contributed by atoms with Gasteiger partial charge in [-0.25, -0.2) is 0 Å². The van der Waals surface area contributed by atoms with Gasteiger partial charge in [0.1, 0.15) is 5.75 Å². The highest BCUT2D eigenvalue weighted by Gasteiger charge is 2.26. The van der Waals surface area contributed by atoms with E-state index in [4.69, 9.17) is 4.42 Å². The van der Waals surface area contributed by atoms with Gasteiger partial charge < -0.3 is 14.3 Å². The highest BCUT2D eigenvalue weighted by molar-refractivity contribution is 7.99. The molecule has 1 N–H and O–H groups in total. The molecular formula is C15H16F2N2O3S. The topological polar surface area (TPSA) is 68.4 Å². The number of thioether (sulfide) groups is 1. The van der Waals surface area contributed by atoms with Crippen LogP contribution in [-0.4, -0.2) is 33.3 Å². The van der Waals surface area contributed by atoms with Crippen molar-refractivity contribution in [1.29, 1.82) is 0 Å². The van der Waals surface area contributed by atoms with Gasteiger partial charge in [0, 0.05) is 10.8 Å². The lowest BCUT2D eigenvalue weighted by Gasteiger charge is -2.25. The summed E-state index contributed by atoms with van der Waals surface area (Å²) in [5.74, 6) is 0.379. The normalized spacial score (nSPS) is 21.6. The van der Waals surface area contributed by atoms with Crippen molar-refractivity contribution < 1.29 is 23.0 Å². The van der Waals surface area contributed by atoms with Crippen LogP contribution in [0.5, 0.6) is 5.75 Å². The van der Waals surface area contributed by atoms with Gasteiger partial charge in [0.05, 0.1) is 6.10 Å². The summed E-state index contributed by atoms with van der Waals surface area (Å²) in [7, 11) is 0. The summed E-state index contributed by atoms with van der Waals surface area (Å²) in [5, 5.41) is 18.4. The van der Waals surface area contributed by atoms with E-state index in [1.54, 1.807) is 12.1 Å². The first-order valence-corrected chi connectivity index (χ1v) is 8.23. The van der Waals surface area contributed by atoms with Crippen LogP contribution < -0.4 is 4.74 Å². The highest BCUT2D eigenvalue weighted by atomic mass is 32.2. The van der Waals surface area contributed by atoms with E-state index in [1.165, 1.54) is 23.9 Å². The summed E-state index contributed by atoms with van der Waals surface area (Å²) < 4.78 is 34.1. The fraction of sp³-hybridized carbons (Fsp3) is 0.467. The average Bonchev–Trinajstić information content (AvgIpc) is 2.98. The Morgan fingerprint density at radius 1 is 1.17 bits per heavy atom. The van der Waals surface area contributed by atoms with Crippen LogP contribution in [0.15, 0.2) is 33.9 Å². The van der Waals surface area contributed by atoms with Crippen LogP contribution >= 0.6 is 11.8 Å². The van der Waals surface area contributed by atoms with E-state index in [0.29, 0.717) is 16.7 Å². The highest BCUT2D eigenvalue weighted by Crippen LogP contribution is 2.34. The van der Waals surface area contributed by atoms with Crippen molar-refractivity contribution >= 4 is 11.8 Å². The third-order valence-electron chi connectivity index (χ3n) is 3.65. The van der Waals surface area contributed by atoms with Gasteiger partial charge in [0.2, 0.25) is 5.89 Å². The zero-order chi connectivity index (χ0) is 16.2. The molecular weight excluding hydrogens is 326 g/mol. The maximum Gasteiger partial charge on any atom is 0.387 e. The number of nitrogens with zero attached hydrogens (tertiary/aromatic N) is 2. The van der Waals surface area contributed by atoms with E-state index in [0.717, 1.165) is 25.7 Å². The molecule has 124 valence electrons. The summed E-state index contributed by atoms with van der Waals surface area (Å²) in [6.07, 6.45) is 3.49. The number of hydrogen-bond acceptors (Lipinski definition) is 6. The average molecular weight is 342 g/mol. The second-order valence-corrected chi connectivity index (χ2v) is 6.47. The molecule has 0 saturated heterocycles. The van der Waals surface area contributed by atoms with Crippen LogP contribution in [0, 0.1) is 0 Å². The summed E-state index contributed by atoms with van der Waals surface area (Å²) in [4.78, 5) is 0. The molecule has 1 heterocycles. The van der Waals surface area contributed by atoms with Crippen LogP contribution in [0.3, 0.4) is 0 Å². The molecule has 2 unspecified atom stereocenters. The molecule has 8 heteroatoms. The van der Waals surface area contributed by atoms with Crippen molar-refractivity contribution in [1.82, 2.24) is 10.2 Å². The molecule has 0 spiro atoms. The zero-order valence-electron chi connectivity index (χ0n) is 12.2. The molecule has 0 radical (unpaired) electrons. The van der Waals surface area contributed by atoms with Gasteiger partial charge in [0.15, 0.2) is 0 Å².